The van der Waals surface area contributed by atoms with Gasteiger partial charge in [0.2, 0.25) is 0 Å². The summed E-state index contributed by atoms with van der Waals surface area (Å²) in [6, 6.07) is 20.1. The van der Waals surface area contributed by atoms with Crippen LogP contribution in [0.4, 0.5) is 17.6 Å². The Labute approximate surface area is 174 Å². The molecule has 3 aromatic rings. The predicted molar refractivity (Wildman–Crippen MR) is 115 cm³/mol. The lowest BCUT2D eigenvalue weighted by Gasteiger charge is -2.21. The van der Waals surface area contributed by atoms with Crippen molar-refractivity contribution >= 4 is 12.2 Å². The van der Waals surface area contributed by atoms with Gasteiger partial charge < -0.3 is 0 Å². The molecule has 4 heteroatoms. The average Bonchev–Trinajstić information content (AvgIpc) is 2.72. The molecular formula is C26H24F4. The lowest BCUT2D eigenvalue weighted by molar-refractivity contribution is -0.150. The predicted octanol–water partition coefficient (Wildman–Crippen LogP) is 7.84. The van der Waals surface area contributed by atoms with Gasteiger partial charge in [0.05, 0.1) is 5.92 Å². The fourth-order valence-electron chi connectivity index (χ4n) is 3.44. The summed E-state index contributed by atoms with van der Waals surface area (Å²) in [6.45, 7) is 2.05. The first-order valence-corrected chi connectivity index (χ1v) is 10.0. The van der Waals surface area contributed by atoms with Gasteiger partial charge in [-0.3, -0.25) is 0 Å². The quantitative estimate of drug-likeness (QED) is 0.274. The monoisotopic (exact) mass is 412 g/mol. The zero-order valence-electron chi connectivity index (χ0n) is 16.8. The normalized spacial score (nSPS) is 13.0. The van der Waals surface area contributed by atoms with Crippen molar-refractivity contribution in [1.82, 2.24) is 0 Å². The van der Waals surface area contributed by atoms with Crippen LogP contribution < -0.4 is 0 Å². The summed E-state index contributed by atoms with van der Waals surface area (Å²) in [6.07, 6.45) is 0.805. The number of rotatable bonds is 7. The summed E-state index contributed by atoms with van der Waals surface area (Å²) in [7, 11) is 0. The summed E-state index contributed by atoms with van der Waals surface area (Å²) in [5, 5.41) is 0. The molecule has 0 heterocycles. The summed E-state index contributed by atoms with van der Waals surface area (Å²) >= 11 is 0. The van der Waals surface area contributed by atoms with Crippen LogP contribution in [0.3, 0.4) is 0 Å². The molecule has 3 aromatic carbocycles. The van der Waals surface area contributed by atoms with Crippen molar-refractivity contribution in [3.63, 3.8) is 0 Å². The van der Waals surface area contributed by atoms with Gasteiger partial charge >= 0.3 is 6.18 Å². The molecule has 3 rings (SSSR count). The van der Waals surface area contributed by atoms with Crippen molar-refractivity contribution in [3.05, 3.63) is 106 Å². The maximum atomic E-state index is 14.2. The molecule has 0 aromatic heterocycles. The first-order valence-electron chi connectivity index (χ1n) is 10.0. The molecule has 1 atom stereocenters. The lowest BCUT2D eigenvalue weighted by atomic mass is 9.91. The Bertz CT molecular complexity index is 970. The van der Waals surface area contributed by atoms with Crippen molar-refractivity contribution < 1.29 is 17.6 Å². The van der Waals surface area contributed by atoms with E-state index in [1.54, 1.807) is 66.7 Å². The Morgan fingerprint density at radius 1 is 0.833 bits per heavy atom. The average molecular weight is 412 g/mol. The van der Waals surface area contributed by atoms with Gasteiger partial charge in [0.25, 0.3) is 0 Å². The van der Waals surface area contributed by atoms with E-state index >= 15 is 0 Å². The fraction of sp³-hybridized carbons (Fsp3) is 0.231. The molecule has 0 unspecified atom stereocenters. The van der Waals surface area contributed by atoms with Crippen molar-refractivity contribution in [2.24, 2.45) is 0 Å². The van der Waals surface area contributed by atoms with Gasteiger partial charge in [-0.1, -0.05) is 92.2 Å². The van der Waals surface area contributed by atoms with Crippen LogP contribution in [-0.2, 0) is 12.8 Å². The highest BCUT2D eigenvalue weighted by Gasteiger charge is 2.40. The van der Waals surface area contributed by atoms with Crippen molar-refractivity contribution in [3.8, 4) is 0 Å². The van der Waals surface area contributed by atoms with Crippen LogP contribution in [0.1, 0.15) is 47.1 Å². The molecule has 0 aliphatic heterocycles. The Morgan fingerprint density at radius 2 is 1.50 bits per heavy atom. The molecule has 0 spiro atoms. The smallest absolute Gasteiger partial charge is 0.206 e. The third kappa shape index (κ3) is 5.82. The second-order valence-electron chi connectivity index (χ2n) is 7.39. The highest BCUT2D eigenvalue weighted by Crippen LogP contribution is 2.37. The molecule has 156 valence electrons. The van der Waals surface area contributed by atoms with Crippen LogP contribution in [-0.4, -0.2) is 6.18 Å². The van der Waals surface area contributed by atoms with Crippen LogP contribution in [0.25, 0.3) is 12.2 Å². The van der Waals surface area contributed by atoms with Crippen molar-refractivity contribution in [2.45, 2.75) is 38.3 Å². The second-order valence-corrected chi connectivity index (χ2v) is 7.39. The van der Waals surface area contributed by atoms with E-state index in [4.69, 9.17) is 0 Å². The molecule has 0 aliphatic rings. The standard InChI is InChI=1S/C26H24F4/c1-2-6-20-14-16-23(25(27)18-20)15-13-19-9-11-21(12-10-19)17-24(26(28,29)30)22-7-4-3-5-8-22/h3-5,7-16,18,24H,2,6,17H2,1H3/t24-/m0/s1. The molecular weight excluding hydrogens is 388 g/mol. The summed E-state index contributed by atoms with van der Waals surface area (Å²) in [4.78, 5) is 0. The zero-order valence-corrected chi connectivity index (χ0v) is 16.8. The van der Waals surface area contributed by atoms with Gasteiger partial charge in [-0.2, -0.15) is 13.2 Å². The minimum absolute atomic E-state index is 0.120. The third-order valence-corrected chi connectivity index (χ3v) is 5.08. The summed E-state index contributed by atoms with van der Waals surface area (Å²) < 4.78 is 54.8. The Kier molecular flexibility index (Phi) is 7.09. The van der Waals surface area contributed by atoms with Crippen LogP contribution in [0.5, 0.6) is 0 Å². The van der Waals surface area contributed by atoms with Crippen LogP contribution in [0.15, 0.2) is 72.8 Å². The Hall–Kier alpha value is -2.88. The van der Waals surface area contributed by atoms with E-state index in [1.807, 2.05) is 13.0 Å². The summed E-state index contributed by atoms with van der Waals surface area (Å²) in [5.41, 5.74) is 3.12. The first kappa shape index (κ1) is 21.8. The highest BCUT2D eigenvalue weighted by atomic mass is 19.4. The number of hydrogen-bond donors (Lipinski definition) is 0. The Morgan fingerprint density at radius 3 is 2.10 bits per heavy atom. The molecule has 0 amide bonds. The SMILES string of the molecule is CCCc1ccc(C=Cc2ccc(C[C@@H](c3ccccc3)C(F)(F)F)cc2)c(F)c1. The van der Waals surface area contributed by atoms with E-state index in [2.05, 4.69) is 0 Å². The van der Waals surface area contributed by atoms with Gasteiger partial charge in [0, 0.05) is 5.56 Å². The highest BCUT2D eigenvalue weighted by molar-refractivity contribution is 5.70. The van der Waals surface area contributed by atoms with Gasteiger partial charge in [-0.05, 0) is 41.2 Å². The Balaban J connectivity index is 1.72. The summed E-state index contributed by atoms with van der Waals surface area (Å²) in [5.74, 6) is -1.82. The number of halogens is 4. The van der Waals surface area contributed by atoms with E-state index in [9.17, 15) is 17.6 Å². The van der Waals surface area contributed by atoms with E-state index in [0.717, 1.165) is 24.0 Å². The van der Waals surface area contributed by atoms with E-state index in [1.165, 1.54) is 12.1 Å². The van der Waals surface area contributed by atoms with E-state index < -0.39 is 12.1 Å². The first-order chi connectivity index (χ1) is 14.4. The van der Waals surface area contributed by atoms with E-state index in [-0.39, 0.29) is 17.8 Å². The second kappa shape index (κ2) is 9.75. The topological polar surface area (TPSA) is 0 Å². The van der Waals surface area contributed by atoms with Crippen LogP contribution >= 0.6 is 0 Å². The van der Waals surface area contributed by atoms with Crippen LogP contribution in [0.2, 0.25) is 0 Å². The molecule has 0 saturated carbocycles. The minimum Gasteiger partial charge on any atom is -0.206 e. The molecule has 0 radical (unpaired) electrons. The van der Waals surface area contributed by atoms with Gasteiger partial charge in [-0.25, -0.2) is 4.39 Å². The fourth-order valence-corrected chi connectivity index (χ4v) is 3.44. The third-order valence-electron chi connectivity index (χ3n) is 5.08. The molecule has 0 saturated heterocycles. The maximum absolute atomic E-state index is 14.2. The minimum atomic E-state index is -4.32. The lowest BCUT2D eigenvalue weighted by Crippen LogP contribution is -2.22. The van der Waals surface area contributed by atoms with Gasteiger partial charge in [-0.15, -0.1) is 0 Å². The number of alkyl halides is 3. The van der Waals surface area contributed by atoms with Gasteiger partial charge in [0.15, 0.2) is 0 Å². The maximum Gasteiger partial charge on any atom is 0.396 e. The van der Waals surface area contributed by atoms with E-state index in [0.29, 0.717) is 11.1 Å². The molecule has 0 nitrogen and oxygen atoms in total. The number of benzene rings is 3. The zero-order chi connectivity index (χ0) is 21.6. The van der Waals surface area contributed by atoms with Gasteiger partial charge in [0.1, 0.15) is 5.82 Å². The number of aryl methyl sites for hydroxylation is 1. The molecule has 0 bridgehead atoms. The van der Waals surface area contributed by atoms with Crippen molar-refractivity contribution in [1.29, 1.82) is 0 Å². The molecule has 0 N–H and O–H groups in total. The molecule has 30 heavy (non-hydrogen) atoms. The van der Waals surface area contributed by atoms with Crippen molar-refractivity contribution in [2.75, 3.05) is 0 Å². The molecule has 0 aliphatic carbocycles. The number of hydrogen-bond acceptors (Lipinski definition) is 0. The van der Waals surface area contributed by atoms with Crippen LogP contribution in [0, 0.1) is 5.82 Å². The molecule has 0 fully saturated rings. The largest absolute Gasteiger partial charge is 0.396 e.